The molecule has 34 heavy (non-hydrogen) atoms. The molecule has 5 heteroatoms. The van der Waals surface area contributed by atoms with Crippen LogP contribution < -0.4 is 14.4 Å². The van der Waals surface area contributed by atoms with Crippen LogP contribution in [0.25, 0.3) is 0 Å². The van der Waals surface area contributed by atoms with E-state index in [0.717, 1.165) is 57.8 Å². The average molecular weight is 476 g/mol. The number of aryl methyl sites for hydroxylation is 2. The lowest BCUT2D eigenvalue weighted by Crippen LogP contribution is -2.39. The predicted octanol–water partition coefficient (Wildman–Crippen LogP) is 6.61. The molecule has 2 aliphatic rings. The Morgan fingerprint density at radius 3 is 2.65 bits per heavy atom. The number of fused-ring (bicyclic) bond motifs is 2. The summed E-state index contributed by atoms with van der Waals surface area (Å²) >= 11 is 6.44. The molecule has 0 N–H and O–H groups in total. The van der Waals surface area contributed by atoms with Gasteiger partial charge in [0.25, 0.3) is 0 Å². The normalized spacial score (nSPS) is 20.5. The Bertz CT molecular complexity index is 1300. The summed E-state index contributed by atoms with van der Waals surface area (Å²) in [5, 5.41) is 0.621. The molecule has 0 fully saturated rings. The summed E-state index contributed by atoms with van der Waals surface area (Å²) in [6.07, 6.45) is 1.86. The second-order valence-electron chi connectivity index (χ2n) is 10.1. The zero-order valence-electron chi connectivity index (χ0n) is 20.4. The van der Waals surface area contributed by atoms with Gasteiger partial charge in [0.1, 0.15) is 17.1 Å². The second-order valence-corrected chi connectivity index (χ2v) is 10.6. The molecule has 2 aliphatic heterocycles. The van der Waals surface area contributed by atoms with E-state index >= 15 is 0 Å². The highest BCUT2D eigenvalue weighted by Crippen LogP contribution is 2.49. The van der Waals surface area contributed by atoms with Gasteiger partial charge in [-0.3, -0.25) is 4.79 Å². The fourth-order valence-corrected chi connectivity index (χ4v) is 5.44. The Hall–Kier alpha value is -2.98. The van der Waals surface area contributed by atoms with Crippen molar-refractivity contribution >= 4 is 23.2 Å². The molecule has 0 saturated carbocycles. The molecule has 0 spiro atoms. The maximum atomic E-state index is 14.2. The van der Waals surface area contributed by atoms with Crippen LogP contribution in [0.5, 0.6) is 11.5 Å². The van der Waals surface area contributed by atoms with Gasteiger partial charge in [-0.25, -0.2) is 0 Å². The van der Waals surface area contributed by atoms with Crippen molar-refractivity contribution in [3.63, 3.8) is 0 Å². The van der Waals surface area contributed by atoms with Crippen molar-refractivity contribution in [3.05, 3.63) is 87.4 Å². The molecule has 0 saturated heterocycles. The summed E-state index contributed by atoms with van der Waals surface area (Å²) in [4.78, 5) is 16.1. The third-order valence-electron chi connectivity index (χ3n) is 7.38. The fraction of sp³-hybridized carbons (Fsp3) is 0.345. The number of benzene rings is 3. The van der Waals surface area contributed by atoms with Gasteiger partial charge in [-0.15, -0.1) is 0 Å². The molecule has 0 aliphatic carbocycles. The first kappa shape index (κ1) is 22.8. The van der Waals surface area contributed by atoms with Crippen LogP contribution in [0.15, 0.2) is 54.6 Å². The molecular formula is C29H30ClNO3. The molecule has 4 nitrogen and oxygen atoms in total. The maximum absolute atomic E-state index is 14.2. The molecule has 0 unspecified atom stereocenters. The third-order valence-corrected chi connectivity index (χ3v) is 7.62. The summed E-state index contributed by atoms with van der Waals surface area (Å²) in [5.74, 6) is 1.72. The third kappa shape index (κ3) is 3.56. The Morgan fingerprint density at radius 1 is 1.09 bits per heavy atom. The van der Waals surface area contributed by atoms with Crippen molar-refractivity contribution in [3.8, 4) is 11.5 Å². The zero-order chi connectivity index (χ0) is 24.3. The summed E-state index contributed by atoms with van der Waals surface area (Å²) in [6.45, 7) is 8.71. The van der Waals surface area contributed by atoms with Gasteiger partial charge in [0.15, 0.2) is 0 Å². The van der Waals surface area contributed by atoms with Gasteiger partial charge in [0.05, 0.1) is 19.1 Å². The topological polar surface area (TPSA) is 38.8 Å². The lowest BCUT2D eigenvalue weighted by atomic mass is 9.76. The molecule has 2 heterocycles. The molecule has 0 radical (unpaired) electrons. The number of carbonyl (C=O) groups is 1. The number of nitrogens with zero attached hydrogens (tertiary/aromatic N) is 1. The fourth-order valence-electron chi connectivity index (χ4n) is 5.27. The first-order valence-electron chi connectivity index (χ1n) is 11.7. The number of rotatable bonds is 4. The van der Waals surface area contributed by atoms with Gasteiger partial charge < -0.3 is 14.4 Å². The van der Waals surface area contributed by atoms with Crippen LogP contribution in [0, 0.1) is 6.92 Å². The minimum atomic E-state index is -0.849. The number of halogens is 1. The van der Waals surface area contributed by atoms with Crippen molar-refractivity contribution in [2.24, 2.45) is 0 Å². The molecular weight excluding hydrogens is 446 g/mol. The van der Waals surface area contributed by atoms with Crippen LogP contribution in [0.3, 0.4) is 0 Å². The molecule has 3 aromatic carbocycles. The highest BCUT2D eigenvalue weighted by Gasteiger charge is 2.49. The van der Waals surface area contributed by atoms with Crippen molar-refractivity contribution < 1.29 is 14.3 Å². The Labute approximate surface area is 206 Å². The van der Waals surface area contributed by atoms with Gasteiger partial charge in [-0.05, 0) is 93.1 Å². The molecule has 1 atom stereocenters. The zero-order valence-corrected chi connectivity index (χ0v) is 21.1. The molecule has 3 aromatic rings. The summed E-state index contributed by atoms with van der Waals surface area (Å²) in [6, 6.07) is 17.9. The summed E-state index contributed by atoms with van der Waals surface area (Å²) in [7, 11) is 1.67. The Morgan fingerprint density at radius 2 is 1.88 bits per heavy atom. The maximum Gasteiger partial charge on any atom is 0.242 e. The highest BCUT2D eigenvalue weighted by atomic mass is 35.5. The van der Waals surface area contributed by atoms with Crippen LogP contribution in [0.2, 0.25) is 5.02 Å². The second kappa shape index (κ2) is 8.06. The smallest absolute Gasteiger partial charge is 0.242 e. The van der Waals surface area contributed by atoms with Crippen molar-refractivity contribution in [1.82, 2.24) is 0 Å². The predicted molar refractivity (Wildman–Crippen MR) is 136 cm³/mol. The van der Waals surface area contributed by atoms with Crippen LogP contribution in [0.4, 0.5) is 5.69 Å². The number of amides is 1. The highest BCUT2D eigenvalue weighted by molar-refractivity contribution is 6.31. The average Bonchev–Trinajstić information content (AvgIpc) is 3.01. The van der Waals surface area contributed by atoms with Crippen LogP contribution >= 0.6 is 11.6 Å². The van der Waals surface area contributed by atoms with Gasteiger partial charge in [-0.1, -0.05) is 35.9 Å². The number of methoxy groups -OCH3 is 1. The SMILES string of the molecule is COc1cccc(C)c1CN1C(=O)[C@@](C)(c2ccc3c(c2)CCC(C)(C)O3)c2cc(Cl)ccc21. The number of hydrogen-bond donors (Lipinski definition) is 0. The van der Waals surface area contributed by atoms with E-state index in [1.165, 1.54) is 0 Å². The van der Waals surface area contributed by atoms with E-state index in [9.17, 15) is 4.79 Å². The van der Waals surface area contributed by atoms with E-state index < -0.39 is 5.41 Å². The van der Waals surface area contributed by atoms with Crippen LogP contribution in [-0.4, -0.2) is 18.6 Å². The van der Waals surface area contributed by atoms with Crippen molar-refractivity contribution in [2.45, 2.75) is 58.1 Å². The largest absolute Gasteiger partial charge is 0.496 e. The first-order chi connectivity index (χ1) is 16.1. The number of ether oxygens (including phenoxy) is 2. The number of hydrogen-bond acceptors (Lipinski definition) is 3. The monoisotopic (exact) mass is 475 g/mol. The first-order valence-corrected chi connectivity index (χ1v) is 12.1. The molecule has 0 aromatic heterocycles. The van der Waals surface area contributed by atoms with E-state index in [-0.39, 0.29) is 11.5 Å². The van der Waals surface area contributed by atoms with Gasteiger partial charge in [-0.2, -0.15) is 0 Å². The molecule has 1 amide bonds. The Balaban J connectivity index is 1.61. The van der Waals surface area contributed by atoms with E-state index in [4.69, 9.17) is 21.1 Å². The minimum Gasteiger partial charge on any atom is -0.496 e. The lowest BCUT2D eigenvalue weighted by molar-refractivity contribution is -0.121. The van der Waals surface area contributed by atoms with Crippen molar-refractivity contribution in [1.29, 1.82) is 0 Å². The molecule has 0 bridgehead atoms. The molecule has 5 rings (SSSR count). The van der Waals surface area contributed by atoms with E-state index in [0.29, 0.717) is 11.6 Å². The van der Waals surface area contributed by atoms with E-state index in [1.54, 1.807) is 7.11 Å². The Kier molecular flexibility index (Phi) is 5.40. The lowest BCUT2D eigenvalue weighted by Gasteiger charge is -2.34. The van der Waals surface area contributed by atoms with Crippen LogP contribution in [-0.2, 0) is 23.2 Å². The quantitative estimate of drug-likeness (QED) is 0.426. The summed E-state index contributed by atoms with van der Waals surface area (Å²) < 4.78 is 11.8. The number of anilines is 1. The molecule has 176 valence electrons. The van der Waals surface area contributed by atoms with Crippen molar-refractivity contribution in [2.75, 3.05) is 12.0 Å². The van der Waals surface area contributed by atoms with Gasteiger partial charge in [0, 0.05) is 16.3 Å². The van der Waals surface area contributed by atoms with E-state index in [2.05, 4.69) is 19.9 Å². The minimum absolute atomic E-state index is 0.0343. The van der Waals surface area contributed by atoms with Gasteiger partial charge >= 0.3 is 0 Å². The van der Waals surface area contributed by atoms with Gasteiger partial charge in [0.2, 0.25) is 5.91 Å². The summed E-state index contributed by atoms with van der Waals surface area (Å²) in [5.41, 5.74) is 4.99. The van der Waals surface area contributed by atoms with E-state index in [1.807, 2.05) is 67.3 Å². The number of carbonyl (C=O) groups excluding carboxylic acids is 1. The van der Waals surface area contributed by atoms with Crippen LogP contribution in [0.1, 0.15) is 55.0 Å². The standard InChI is InChI=1S/C29H30ClNO3/c1-18-7-6-8-26(33-5)22(18)17-31-24-11-10-21(30)16-23(24)29(4,27(31)32)20-9-12-25-19(15-20)13-14-28(2,3)34-25/h6-12,15-16H,13-14,17H2,1-5H3/t29-/m0/s1.